The van der Waals surface area contributed by atoms with Crippen LogP contribution in [0, 0.1) is 0 Å². The minimum absolute atomic E-state index is 0.0146. The third kappa shape index (κ3) is 3.63. The summed E-state index contributed by atoms with van der Waals surface area (Å²) in [5, 5.41) is 17.3. The van der Waals surface area contributed by atoms with Gasteiger partial charge in [0.15, 0.2) is 11.5 Å². The first kappa shape index (κ1) is 18.2. The molecule has 8 heteroatoms. The first-order chi connectivity index (χ1) is 14.2. The number of aliphatic hydroxyl groups excluding tert-OH is 1. The van der Waals surface area contributed by atoms with Gasteiger partial charge in [-0.3, -0.25) is 4.79 Å². The number of aromatic nitrogens is 4. The van der Waals surface area contributed by atoms with Crippen molar-refractivity contribution in [3.8, 4) is 5.69 Å². The Morgan fingerprint density at radius 3 is 2.45 bits per heavy atom. The minimum atomic E-state index is -0.513. The van der Waals surface area contributed by atoms with Crippen LogP contribution in [-0.4, -0.2) is 30.8 Å². The Morgan fingerprint density at radius 1 is 1.07 bits per heavy atom. The SMILES string of the molecule is Nc1nc(/C(=C/O)C(=O)NCc2ccccc2)nc2c1cnn2-c1ccccc1. The van der Waals surface area contributed by atoms with Crippen LogP contribution in [0.3, 0.4) is 0 Å². The molecule has 0 atom stereocenters. The van der Waals surface area contributed by atoms with E-state index < -0.39 is 5.91 Å². The van der Waals surface area contributed by atoms with E-state index >= 15 is 0 Å². The number of hydrogen-bond donors (Lipinski definition) is 3. The number of nitrogen functional groups attached to an aromatic ring is 1. The molecule has 4 rings (SSSR count). The van der Waals surface area contributed by atoms with Crippen LogP contribution in [0.25, 0.3) is 22.3 Å². The predicted octanol–water partition coefficient (Wildman–Crippen LogP) is 2.61. The maximum absolute atomic E-state index is 12.6. The van der Waals surface area contributed by atoms with Crippen LogP contribution in [0.5, 0.6) is 0 Å². The molecule has 0 fully saturated rings. The molecule has 4 aromatic rings. The van der Waals surface area contributed by atoms with Crippen LogP contribution < -0.4 is 11.1 Å². The van der Waals surface area contributed by atoms with Gasteiger partial charge in [-0.25, -0.2) is 14.6 Å². The molecule has 0 spiro atoms. The van der Waals surface area contributed by atoms with Crippen molar-refractivity contribution in [1.29, 1.82) is 0 Å². The molecule has 8 nitrogen and oxygen atoms in total. The lowest BCUT2D eigenvalue weighted by Crippen LogP contribution is -2.25. The highest BCUT2D eigenvalue weighted by atomic mass is 16.2. The smallest absolute Gasteiger partial charge is 0.258 e. The molecule has 29 heavy (non-hydrogen) atoms. The van der Waals surface area contributed by atoms with E-state index in [2.05, 4.69) is 20.4 Å². The summed E-state index contributed by atoms with van der Waals surface area (Å²) in [6.07, 6.45) is 2.25. The summed E-state index contributed by atoms with van der Waals surface area (Å²) in [5.41, 5.74) is 8.13. The summed E-state index contributed by atoms with van der Waals surface area (Å²) in [4.78, 5) is 21.2. The van der Waals surface area contributed by atoms with E-state index in [1.54, 1.807) is 10.9 Å². The van der Waals surface area contributed by atoms with Gasteiger partial charge in [0.25, 0.3) is 5.91 Å². The maximum atomic E-state index is 12.6. The molecule has 0 bridgehead atoms. The number of nitrogens with two attached hydrogens (primary N) is 1. The van der Waals surface area contributed by atoms with Crippen LogP contribution in [0.15, 0.2) is 73.1 Å². The molecule has 0 unspecified atom stereocenters. The minimum Gasteiger partial charge on any atom is -0.515 e. The van der Waals surface area contributed by atoms with E-state index in [1.165, 1.54) is 0 Å². The summed E-state index contributed by atoms with van der Waals surface area (Å²) in [7, 11) is 0. The van der Waals surface area contributed by atoms with Crippen molar-refractivity contribution in [2.45, 2.75) is 6.54 Å². The normalized spacial score (nSPS) is 11.5. The average Bonchev–Trinajstić information content (AvgIpc) is 3.19. The summed E-state index contributed by atoms with van der Waals surface area (Å²) in [6, 6.07) is 18.8. The van der Waals surface area contributed by atoms with Gasteiger partial charge in [0.2, 0.25) is 0 Å². The monoisotopic (exact) mass is 386 g/mol. The lowest BCUT2D eigenvalue weighted by molar-refractivity contribution is -0.115. The summed E-state index contributed by atoms with van der Waals surface area (Å²) < 4.78 is 1.60. The Labute approximate surface area is 166 Å². The van der Waals surface area contributed by atoms with Crippen molar-refractivity contribution >= 4 is 28.3 Å². The number of rotatable bonds is 5. The average molecular weight is 386 g/mol. The van der Waals surface area contributed by atoms with E-state index in [1.807, 2.05) is 60.7 Å². The topological polar surface area (TPSA) is 119 Å². The quantitative estimate of drug-likeness (QED) is 0.358. The van der Waals surface area contributed by atoms with Crippen LogP contribution in [0.2, 0.25) is 0 Å². The van der Waals surface area contributed by atoms with Gasteiger partial charge < -0.3 is 16.2 Å². The number of carbonyl (C=O) groups excluding carboxylic acids is 1. The molecular weight excluding hydrogens is 368 g/mol. The second kappa shape index (κ2) is 7.81. The first-order valence-electron chi connectivity index (χ1n) is 8.91. The van der Waals surface area contributed by atoms with E-state index in [4.69, 9.17) is 5.73 Å². The molecule has 0 radical (unpaired) electrons. The summed E-state index contributed by atoms with van der Waals surface area (Å²) in [5.74, 6) is -0.330. The first-order valence-corrected chi connectivity index (χ1v) is 8.91. The molecule has 0 aliphatic rings. The van der Waals surface area contributed by atoms with Crippen molar-refractivity contribution in [1.82, 2.24) is 25.1 Å². The third-order valence-electron chi connectivity index (χ3n) is 4.37. The van der Waals surface area contributed by atoms with Crippen molar-refractivity contribution in [2.75, 3.05) is 5.73 Å². The number of carbonyl (C=O) groups is 1. The van der Waals surface area contributed by atoms with Crippen LogP contribution >= 0.6 is 0 Å². The van der Waals surface area contributed by atoms with E-state index in [0.717, 1.165) is 11.3 Å². The van der Waals surface area contributed by atoms with E-state index in [-0.39, 0.29) is 17.2 Å². The maximum Gasteiger partial charge on any atom is 0.258 e. The van der Waals surface area contributed by atoms with Crippen molar-refractivity contribution < 1.29 is 9.90 Å². The molecule has 2 aromatic carbocycles. The Kier molecular flexibility index (Phi) is 4.90. The molecule has 0 aliphatic carbocycles. The van der Waals surface area contributed by atoms with E-state index in [9.17, 15) is 9.90 Å². The fourth-order valence-electron chi connectivity index (χ4n) is 2.90. The molecule has 0 saturated carbocycles. The molecule has 4 N–H and O–H groups in total. The molecule has 2 aromatic heterocycles. The molecule has 0 aliphatic heterocycles. The van der Waals surface area contributed by atoms with Gasteiger partial charge in [-0.1, -0.05) is 48.5 Å². The van der Waals surface area contributed by atoms with Gasteiger partial charge in [0.1, 0.15) is 11.4 Å². The fourth-order valence-corrected chi connectivity index (χ4v) is 2.90. The Morgan fingerprint density at radius 2 is 1.76 bits per heavy atom. The van der Waals surface area contributed by atoms with Gasteiger partial charge in [-0.2, -0.15) is 5.10 Å². The zero-order valence-electron chi connectivity index (χ0n) is 15.4. The zero-order valence-corrected chi connectivity index (χ0v) is 15.4. The predicted molar refractivity (Wildman–Crippen MR) is 110 cm³/mol. The largest absolute Gasteiger partial charge is 0.515 e. The second-order valence-electron chi connectivity index (χ2n) is 6.27. The van der Waals surface area contributed by atoms with Crippen LogP contribution in [-0.2, 0) is 11.3 Å². The lowest BCUT2D eigenvalue weighted by atomic mass is 10.2. The fraction of sp³-hybridized carbons (Fsp3) is 0.0476. The number of benzene rings is 2. The van der Waals surface area contributed by atoms with Gasteiger partial charge in [0.05, 0.1) is 23.5 Å². The molecule has 2 heterocycles. The summed E-state index contributed by atoms with van der Waals surface area (Å²) in [6.45, 7) is 0.302. The third-order valence-corrected chi connectivity index (χ3v) is 4.37. The number of hydrogen-bond acceptors (Lipinski definition) is 6. The number of nitrogens with one attached hydrogen (secondary N) is 1. The highest BCUT2D eigenvalue weighted by Gasteiger charge is 2.19. The Hall–Kier alpha value is -4.20. The number of nitrogens with zero attached hydrogens (tertiary/aromatic N) is 4. The number of amides is 1. The van der Waals surface area contributed by atoms with Gasteiger partial charge in [-0.05, 0) is 17.7 Å². The lowest BCUT2D eigenvalue weighted by Gasteiger charge is -2.09. The Bertz CT molecular complexity index is 1190. The number of para-hydroxylation sites is 1. The zero-order chi connectivity index (χ0) is 20.2. The molecular formula is C21H18N6O2. The molecule has 1 amide bonds. The number of aliphatic hydroxyl groups is 1. The number of anilines is 1. The molecule has 144 valence electrons. The van der Waals surface area contributed by atoms with Gasteiger partial charge >= 0.3 is 0 Å². The number of fused-ring (bicyclic) bond motifs is 1. The summed E-state index contributed by atoms with van der Waals surface area (Å²) >= 11 is 0. The second-order valence-corrected chi connectivity index (χ2v) is 6.27. The van der Waals surface area contributed by atoms with Gasteiger partial charge in [0, 0.05) is 6.54 Å². The highest BCUT2D eigenvalue weighted by Crippen LogP contribution is 2.23. The highest BCUT2D eigenvalue weighted by molar-refractivity contribution is 6.18. The van der Waals surface area contributed by atoms with Gasteiger partial charge in [-0.15, -0.1) is 0 Å². The van der Waals surface area contributed by atoms with Crippen molar-refractivity contribution in [2.24, 2.45) is 0 Å². The Balaban J connectivity index is 1.67. The van der Waals surface area contributed by atoms with Crippen LogP contribution in [0.1, 0.15) is 11.4 Å². The standard InChI is InChI=1S/C21H18N6O2/c22-18-16-12-24-27(15-9-5-2-6-10-15)20(16)26-19(25-18)17(13-28)21(29)23-11-14-7-3-1-4-8-14/h1-10,12-13,28H,11H2,(H,23,29)(H2,22,25,26)/b17-13-. The van der Waals surface area contributed by atoms with Crippen LogP contribution in [0.4, 0.5) is 5.82 Å². The van der Waals surface area contributed by atoms with Crippen molar-refractivity contribution in [3.05, 3.63) is 84.5 Å². The van der Waals surface area contributed by atoms with Crippen molar-refractivity contribution in [3.63, 3.8) is 0 Å². The van der Waals surface area contributed by atoms with E-state index in [0.29, 0.717) is 23.8 Å². The molecule has 0 saturated heterocycles.